The molecule has 86 valence electrons. The van der Waals surface area contributed by atoms with Gasteiger partial charge in [0, 0.05) is 19.7 Å². The van der Waals surface area contributed by atoms with Gasteiger partial charge in [0.25, 0.3) is 0 Å². The first kappa shape index (κ1) is 12.2. The predicted molar refractivity (Wildman–Crippen MR) is 59.6 cm³/mol. The van der Waals surface area contributed by atoms with E-state index in [2.05, 4.69) is 17.2 Å². The topological polar surface area (TPSA) is 50.4 Å². The predicted octanol–water partition coefficient (Wildman–Crippen LogP) is 0.305. The number of amides is 1. The minimum Gasteiger partial charge on any atom is -0.381 e. The number of carbonyl (C=O) groups excluding carboxylic acids is 1. The molecule has 4 nitrogen and oxygen atoms in total. The van der Waals surface area contributed by atoms with Crippen LogP contribution in [0.25, 0.3) is 0 Å². The summed E-state index contributed by atoms with van der Waals surface area (Å²) in [7, 11) is 0. The van der Waals surface area contributed by atoms with Crippen molar-refractivity contribution < 1.29 is 9.53 Å². The minimum absolute atomic E-state index is 0.0439. The molecule has 2 N–H and O–H groups in total. The lowest BCUT2D eigenvalue weighted by Crippen LogP contribution is -2.38. The van der Waals surface area contributed by atoms with Gasteiger partial charge in [0.1, 0.15) is 0 Å². The number of hydrogen-bond donors (Lipinski definition) is 2. The van der Waals surface area contributed by atoms with E-state index >= 15 is 0 Å². The molecule has 0 aromatic carbocycles. The molecule has 1 unspecified atom stereocenters. The van der Waals surface area contributed by atoms with Crippen molar-refractivity contribution in [2.45, 2.75) is 12.8 Å². The van der Waals surface area contributed by atoms with Crippen molar-refractivity contribution in [3.8, 4) is 0 Å². The molecule has 1 heterocycles. The Balaban J connectivity index is 2.02. The normalized spacial score (nSPS) is 20.9. The summed E-state index contributed by atoms with van der Waals surface area (Å²) in [6, 6.07) is 0. The monoisotopic (exact) mass is 212 g/mol. The number of nitrogens with one attached hydrogen (secondary N) is 2. The molecule has 15 heavy (non-hydrogen) atoms. The molecule has 1 aliphatic heterocycles. The first-order chi connectivity index (χ1) is 7.33. The summed E-state index contributed by atoms with van der Waals surface area (Å²) in [4.78, 5) is 11.3. The molecule has 1 atom stereocenters. The highest BCUT2D eigenvalue weighted by Gasteiger charge is 2.14. The second-order valence-electron chi connectivity index (χ2n) is 3.81. The molecular weight excluding hydrogens is 192 g/mol. The quantitative estimate of drug-likeness (QED) is 0.492. The molecule has 0 aromatic heterocycles. The second kappa shape index (κ2) is 7.43. The van der Waals surface area contributed by atoms with E-state index in [9.17, 15) is 4.79 Å². The molecule has 0 bridgehead atoms. The van der Waals surface area contributed by atoms with E-state index in [0.717, 1.165) is 32.6 Å². The van der Waals surface area contributed by atoms with E-state index < -0.39 is 0 Å². The molecule has 1 fully saturated rings. The first-order valence-electron chi connectivity index (χ1n) is 5.49. The largest absolute Gasteiger partial charge is 0.381 e. The molecule has 1 rings (SSSR count). The van der Waals surface area contributed by atoms with E-state index in [1.165, 1.54) is 0 Å². The maximum Gasteiger partial charge on any atom is 0.233 e. The number of carbonyl (C=O) groups is 1. The Hall–Kier alpha value is -0.870. The highest BCUT2D eigenvalue weighted by molar-refractivity contribution is 5.77. The van der Waals surface area contributed by atoms with Gasteiger partial charge in [-0.15, -0.1) is 6.58 Å². The van der Waals surface area contributed by atoms with Crippen LogP contribution in [0.1, 0.15) is 12.8 Å². The number of ether oxygens (including phenoxy) is 1. The Kier molecular flexibility index (Phi) is 6.04. The molecule has 0 radical (unpaired) electrons. The van der Waals surface area contributed by atoms with Gasteiger partial charge in [-0.05, 0) is 18.8 Å². The van der Waals surface area contributed by atoms with Crippen LogP contribution < -0.4 is 10.6 Å². The van der Waals surface area contributed by atoms with Crippen LogP contribution in [0, 0.1) is 5.92 Å². The van der Waals surface area contributed by atoms with E-state index in [0.29, 0.717) is 19.0 Å². The van der Waals surface area contributed by atoms with Crippen LogP contribution in [0.5, 0.6) is 0 Å². The molecule has 0 aliphatic carbocycles. The summed E-state index contributed by atoms with van der Waals surface area (Å²) in [5.41, 5.74) is 0. The van der Waals surface area contributed by atoms with Crippen LogP contribution in [-0.4, -0.2) is 38.8 Å². The smallest absolute Gasteiger partial charge is 0.233 e. The molecule has 0 saturated carbocycles. The maximum atomic E-state index is 11.3. The molecule has 1 aliphatic rings. The Morgan fingerprint density at radius 3 is 3.13 bits per heavy atom. The number of rotatable bonds is 6. The molecule has 1 saturated heterocycles. The van der Waals surface area contributed by atoms with E-state index in [-0.39, 0.29) is 5.91 Å². The first-order valence-corrected chi connectivity index (χ1v) is 5.49. The third-order valence-corrected chi connectivity index (χ3v) is 2.42. The average Bonchev–Trinajstić information content (AvgIpc) is 2.28. The minimum atomic E-state index is 0.0439. The van der Waals surface area contributed by atoms with Gasteiger partial charge in [0.15, 0.2) is 0 Å². The van der Waals surface area contributed by atoms with Gasteiger partial charge in [-0.3, -0.25) is 4.79 Å². The summed E-state index contributed by atoms with van der Waals surface area (Å²) in [5.74, 6) is 0.532. The zero-order valence-electron chi connectivity index (χ0n) is 9.13. The Bertz CT molecular complexity index is 201. The van der Waals surface area contributed by atoms with Crippen molar-refractivity contribution in [2.24, 2.45) is 5.92 Å². The van der Waals surface area contributed by atoms with Gasteiger partial charge < -0.3 is 15.4 Å². The van der Waals surface area contributed by atoms with Crippen molar-refractivity contribution in [3.05, 3.63) is 12.7 Å². The van der Waals surface area contributed by atoms with Gasteiger partial charge in [-0.1, -0.05) is 6.08 Å². The van der Waals surface area contributed by atoms with Crippen molar-refractivity contribution in [3.63, 3.8) is 0 Å². The Morgan fingerprint density at radius 2 is 2.47 bits per heavy atom. The van der Waals surface area contributed by atoms with E-state index in [4.69, 9.17) is 4.74 Å². The average molecular weight is 212 g/mol. The van der Waals surface area contributed by atoms with E-state index in [1.54, 1.807) is 6.08 Å². The van der Waals surface area contributed by atoms with Crippen LogP contribution in [0.15, 0.2) is 12.7 Å². The highest BCUT2D eigenvalue weighted by Crippen LogP contribution is 2.11. The molecule has 0 aromatic rings. The zero-order chi connectivity index (χ0) is 10.9. The van der Waals surface area contributed by atoms with Gasteiger partial charge >= 0.3 is 0 Å². The van der Waals surface area contributed by atoms with Crippen molar-refractivity contribution >= 4 is 5.91 Å². The maximum absolute atomic E-state index is 11.3. The molecule has 0 spiro atoms. The molecular formula is C11H20N2O2. The van der Waals surface area contributed by atoms with Crippen molar-refractivity contribution in [1.29, 1.82) is 0 Å². The third-order valence-electron chi connectivity index (χ3n) is 2.42. The lowest BCUT2D eigenvalue weighted by molar-refractivity contribution is -0.120. The van der Waals surface area contributed by atoms with Crippen LogP contribution in [-0.2, 0) is 9.53 Å². The van der Waals surface area contributed by atoms with Gasteiger partial charge in [-0.25, -0.2) is 0 Å². The van der Waals surface area contributed by atoms with Crippen LogP contribution in [0.2, 0.25) is 0 Å². The SMILES string of the molecule is C=CCNCC(=O)NCC1CCCOC1. The summed E-state index contributed by atoms with van der Waals surface area (Å²) in [6.07, 6.45) is 4.00. The third kappa shape index (κ3) is 5.54. The van der Waals surface area contributed by atoms with E-state index in [1.807, 2.05) is 0 Å². The molecule has 4 heteroatoms. The fraction of sp³-hybridized carbons (Fsp3) is 0.727. The number of hydrogen-bond acceptors (Lipinski definition) is 3. The Labute approximate surface area is 91.1 Å². The van der Waals surface area contributed by atoms with Crippen molar-refractivity contribution in [1.82, 2.24) is 10.6 Å². The standard InChI is InChI=1S/C11H20N2O2/c1-2-5-12-8-11(14)13-7-10-4-3-6-15-9-10/h2,10,12H,1,3-9H2,(H,13,14). The fourth-order valence-electron chi connectivity index (χ4n) is 1.58. The van der Waals surface area contributed by atoms with Gasteiger partial charge in [-0.2, -0.15) is 0 Å². The van der Waals surface area contributed by atoms with Crippen LogP contribution >= 0.6 is 0 Å². The lowest BCUT2D eigenvalue weighted by atomic mass is 10.0. The summed E-state index contributed by atoms with van der Waals surface area (Å²) in [5, 5.41) is 5.86. The van der Waals surface area contributed by atoms with Gasteiger partial charge in [0.05, 0.1) is 13.2 Å². The lowest BCUT2D eigenvalue weighted by Gasteiger charge is -2.22. The van der Waals surface area contributed by atoms with Crippen LogP contribution in [0.3, 0.4) is 0 Å². The summed E-state index contributed by atoms with van der Waals surface area (Å²) < 4.78 is 5.33. The van der Waals surface area contributed by atoms with Gasteiger partial charge in [0.2, 0.25) is 5.91 Å². The fourth-order valence-corrected chi connectivity index (χ4v) is 1.58. The van der Waals surface area contributed by atoms with Crippen LogP contribution in [0.4, 0.5) is 0 Å². The Morgan fingerprint density at radius 1 is 1.60 bits per heavy atom. The molecule has 1 amide bonds. The van der Waals surface area contributed by atoms with Crippen molar-refractivity contribution in [2.75, 3.05) is 32.8 Å². The second-order valence-corrected chi connectivity index (χ2v) is 3.81. The summed E-state index contributed by atoms with van der Waals surface area (Å²) >= 11 is 0. The summed E-state index contributed by atoms with van der Waals surface area (Å²) in [6.45, 7) is 6.97. The zero-order valence-corrected chi connectivity index (χ0v) is 9.13. The highest BCUT2D eigenvalue weighted by atomic mass is 16.5.